The molecule has 0 bridgehead atoms. The minimum Gasteiger partial charge on any atom is -0.360 e. The molecule has 146 valence electrons. The summed E-state index contributed by atoms with van der Waals surface area (Å²) in [6.07, 6.45) is 1.69. The normalized spacial score (nSPS) is 11.0. The molecule has 1 amide bonds. The lowest BCUT2D eigenvalue weighted by Gasteiger charge is -2.12. The van der Waals surface area contributed by atoms with E-state index >= 15 is 0 Å². The van der Waals surface area contributed by atoms with Crippen LogP contribution in [0.2, 0.25) is 0 Å². The van der Waals surface area contributed by atoms with Crippen molar-refractivity contribution in [3.63, 3.8) is 0 Å². The number of nitrogens with zero attached hydrogens (tertiary/aromatic N) is 4. The van der Waals surface area contributed by atoms with Crippen molar-refractivity contribution in [3.8, 4) is 5.82 Å². The summed E-state index contributed by atoms with van der Waals surface area (Å²) in [4.78, 5) is 34.4. The highest BCUT2D eigenvalue weighted by molar-refractivity contribution is 7.99. The molecule has 0 atom stereocenters. The highest BCUT2D eigenvalue weighted by Gasteiger charge is 2.16. The van der Waals surface area contributed by atoms with Gasteiger partial charge in [-0.3, -0.25) is 9.59 Å². The number of amides is 1. The van der Waals surface area contributed by atoms with Crippen molar-refractivity contribution in [2.24, 2.45) is 0 Å². The average molecular weight is 407 g/mol. The number of aromatic nitrogens is 4. The molecule has 3 heterocycles. The molecule has 1 aromatic carbocycles. The molecule has 0 aliphatic carbocycles. The standard InChI is InChI=1S/C20H17N5O3S/c1-12-7-8-17(21-10-12)25-19(27)14-5-3-4-6-15(14)22-20(25)29-11-18(26)23-16-9-13(2)28-24-16/h3-10H,11H2,1-2H3,(H,23,24,26). The molecule has 0 fully saturated rings. The molecule has 29 heavy (non-hydrogen) atoms. The lowest BCUT2D eigenvalue weighted by atomic mass is 10.2. The summed E-state index contributed by atoms with van der Waals surface area (Å²) in [6, 6.07) is 12.4. The third-order valence-electron chi connectivity index (χ3n) is 4.10. The van der Waals surface area contributed by atoms with Crippen LogP contribution < -0.4 is 10.9 Å². The van der Waals surface area contributed by atoms with Crippen molar-refractivity contribution in [2.45, 2.75) is 19.0 Å². The zero-order valence-electron chi connectivity index (χ0n) is 15.7. The lowest BCUT2D eigenvalue weighted by molar-refractivity contribution is -0.113. The Morgan fingerprint density at radius 3 is 2.76 bits per heavy atom. The van der Waals surface area contributed by atoms with Gasteiger partial charge >= 0.3 is 0 Å². The summed E-state index contributed by atoms with van der Waals surface area (Å²) >= 11 is 1.15. The number of thioether (sulfide) groups is 1. The van der Waals surface area contributed by atoms with Gasteiger partial charge in [0.2, 0.25) is 5.91 Å². The predicted molar refractivity (Wildman–Crippen MR) is 110 cm³/mol. The molecule has 0 spiro atoms. The summed E-state index contributed by atoms with van der Waals surface area (Å²) < 4.78 is 6.37. The second-order valence-electron chi connectivity index (χ2n) is 6.41. The molecule has 0 radical (unpaired) electrons. The Labute approximate surface area is 170 Å². The molecule has 0 saturated heterocycles. The maximum absolute atomic E-state index is 13.1. The van der Waals surface area contributed by atoms with Gasteiger partial charge in [0.25, 0.3) is 5.56 Å². The maximum atomic E-state index is 13.1. The zero-order chi connectivity index (χ0) is 20.4. The topological polar surface area (TPSA) is 103 Å². The van der Waals surface area contributed by atoms with Crippen molar-refractivity contribution in [1.29, 1.82) is 0 Å². The Balaban J connectivity index is 1.68. The Morgan fingerprint density at radius 2 is 2.03 bits per heavy atom. The van der Waals surface area contributed by atoms with E-state index in [0.29, 0.717) is 33.5 Å². The molecule has 4 aromatic rings. The van der Waals surface area contributed by atoms with E-state index in [4.69, 9.17) is 4.52 Å². The molecule has 0 aliphatic rings. The van der Waals surface area contributed by atoms with Gasteiger partial charge in [-0.1, -0.05) is 35.1 Å². The number of pyridine rings is 1. The van der Waals surface area contributed by atoms with Crippen LogP contribution in [0.1, 0.15) is 11.3 Å². The first-order chi connectivity index (χ1) is 14.0. The van der Waals surface area contributed by atoms with Gasteiger partial charge in [0.15, 0.2) is 11.0 Å². The number of benzene rings is 1. The molecular weight excluding hydrogens is 390 g/mol. The molecule has 0 saturated carbocycles. The largest absolute Gasteiger partial charge is 0.360 e. The van der Waals surface area contributed by atoms with Gasteiger partial charge in [-0.2, -0.15) is 0 Å². The van der Waals surface area contributed by atoms with E-state index in [1.54, 1.807) is 43.5 Å². The molecule has 0 aliphatic heterocycles. The van der Waals surface area contributed by atoms with Crippen molar-refractivity contribution < 1.29 is 9.32 Å². The second kappa shape index (κ2) is 7.88. The molecule has 4 rings (SSSR count). The number of carbonyl (C=O) groups is 1. The number of hydrogen-bond donors (Lipinski definition) is 1. The van der Waals surface area contributed by atoms with Gasteiger partial charge < -0.3 is 9.84 Å². The van der Waals surface area contributed by atoms with E-state index in [9.17, 15) is 9.59 Å². The van der Waals surface area contributed by atoms with Crippen LogP contribution in [-0.4, -0.2) is 31.4 Å². The number of anilines is 1. The highest BCUT2D eigenvalue weighted by Crippen LogP contribution is 2.21. The second-order valence-corrected chi connectivity index (χ2v) is 7.35. The summed E-state index contributed by atoms with van der Waals surface area (Å²) in [5, 5.41) is 7.27. The number of fused-ring (bicyclic) bond motifs is 1. The van der Waals surface area contributed by atoms with E-state index < -0.39 is 0 Å². The summed E-state index contributed by atoms with van der Waals surface area (Å²) in [7, 11) is 0. The summed E-state index contributed by atoms with van der Waals surface area (Å²) in [5.74, 6) is 1.16. The molecule has 3 aromatic heterocycles. The van der Waals surface area contributed by atoms with Crippen molar-refractivity contribution in [1.82, 2.24) is 19.7 Å². The van der Waals surface area contributed by atoms with Crippen LogP contribution in [-0.2, 0) is 4.79 Å². The van der Waals surface area contributed by atoms with Crippen LogP contribution in [0.3, 0.4) is 0 Å². The van der Waals surface area contributed by atoms with Crippen LogP contribution in [0.15, 0.2) is 63.1 Å². The Bertz CT molecular complexity index is 1250. The predicted octanol–water partition coefficient (Wildman–Crippen LogP) is 3.12. The highest BCUT2D eigenvalue weighted by atomic mass is 32.2. The number of aryl methyl sites for hydroxylation is 2. The van der Waals surface area contributed by atoms with Crippen molar-refractivity contribution in [3.05, 3.63) is 70.3 Å². The van der Waals surface area contributed by atoms with Gasteiger partial charge in [-0.05, 0) is 37.6 Å². The summed E-state index contributed by atoms with van der Waals surface area (Å²) in [6.45, 7) is 3.66. The van der Waals surface area contributed by atoms with Gasteiger partial charge in [0, 0.05) is 12.3 Å². The van der Waals surface area contributed by atoms with E-state index in [-0.39, 0.29) is 17.2 Å². The number of nitrogens with one attached hydrogen (secondary N) is 1. The van der Waals surface area contributed by atoms with Crippen LogP contribution >= 0.6 is 11.8 Å². The van der Waals surface area contributed by atoms with Crippen LogP contribution in [0.5, 0.6) is 0 Å². The Kier molecular flexibility index (Phi) is 5.13. The van der Waals surface area contributed by atoms with Crippen molar-refractivity contribution >= 4 is 34.4 Å². The van der Waals surface area contributed by atoms with Crippen LogP contribution in [0.4, 0.5) is 5.82 Å². The third-order valence-corrected chi connectivity index (χ3v) is 5.04. The van der Waals surface area contributed by atoms with E-state index in [0.717, 1.165) is 17.3 Å². The number of para-hydroxylation sites is 1. The number of rotatable bonds is 5. The third kappa shape index (κ3) is 4.04. The molecule has 0 unspecified atom stereocenters. The number of hydrogen-bond acceptors (Lipinski definition) is 7. The molecule has 8 nitrogen and oxygen atoms in total. The van der Waals surface area contributed by atoms with Crippen LogP contribution in [0.25, 0.3) is 16.7 Å². The fraction of sp³-hybridized carbons (Fsp3) is 0.150. The minimum atomic E-state index is -0.283. The van der Waals surface area contributed by atoms with Gasteiger partial charge in [-0.25, -0.2) is 14.5 Å². The first-order valence-corrected chi connectivity index (χ1v) is 9.80. The molecule has 1 N–H and O–H groups in total. The molecule has 9 heteroatoms. The Morgan fingerprint density at radius 1 is 1.21 bits per heavy atom. The maximum Gasteiger partial charge on any atom is 0.267 e. The monoisotopic (exact) mass is 407 g/mol. The minimum absolute atomic E-state index is 0.0442. The van der Waals surface area contributed by atoms with E-state index in [1.807, 2.05) is 19.1 Å². The lowest BCUT2D eigenvalue weighted by Crippen LogP contribution is -2.23. The van der Waals surface area contributed by atoms with Gasteiger partial charge in [-0.15, -0.1) is 0 Å². The SMILES string of the molecule is Cc1ccc(-n2c(SCC(=O)Nc3cc(C)on3)nc3ccccc3c2=O)nc1. The van der Waals surface area contributed by atoms with Gasteiger partial charge in [0.1, 0.15) is 11.6 Å². The fourth-order valence-electron chi connectivity index (χ4n) is 2.74. The van der Waals surface area contributed by atoms with Crippen LogP contribution in [0, 0.1) is 13.8 Å². The summed E-state index contributed by atoms with van der Waals surface area (Å²) in [5.41, 5.74) is 1.31. The molecular formula is C20H17N5O3S. The van der Waals surface area contributed by atoms with Gasteiger partial charge in [0.05, 0.1) is 16.7 Å². The smallest absolute Gasteiger partial charge is 0.267 e. The van der Waals surface area contributed by atoms with E-state index in [2.05, 4.69) is 20.4 Å². The first-order valence-electron chi connectivity index (χ1n) is 8.82. The van der Waals surface area contributed by atoms with E-state index in [1.165, 1.54) is 4.57 Å². The fourth-order valence-corrected chi connectivity index (χ4v) is 3.54. The average Bonchev–Trinajstić information content (AvgIpc) is 3.12. The van der Waals surface area contributed by atoms with Crippen molar-refractivity contribution in [2.75, 3.05) is 11.1 Å². The quantitative estimate of drug-likeness (QED) is 0.400. The number of carbonyl (C=O) groups excluding carboxylic acids is 1. The first kappa shape index (κ1) is 18.9. The Hall–Kier alpha value is -3.46. The zero-order valence-corrected chi connectivity index (χ0v) is 16.6.